The number of hydrogen-bond donors (Lipinski definition) is 0. The fourth-order valence-electron chi connectivity index (χ4n) is 3.54. The van der Waals surface area contributed by atoms with Gasteiger partial charge in [-0.25, -0.2) is 9.67 Å². The Morgan fingerprint density at radius 2 is 1.79 bits per heavy atom. The predicted octanol–water partition coefficient (Wildman–Crippen LogP) is 1.93. The van der Waals surface area contributed by atoms with Gasteiger partial charge in [0.1, 0.15) is 12.7 Å². The van der Waals surface area contributed by atoms with Crippen LogP contribution in [0.1, 0.15) is 18.4 Å². The molecule has 1 aliphatic heterocycles. The first kappa shape index (κ1) is 18.1. The van der Waals surface area contributed by atoms with Crippen LogP contribution in [0.2, 0.25) is 0 Å². The van der Waals surface area contributed by atoms with Crippen molar-refractivity contribution in [2.24, 2.45) is 5.92 Å². The van der Waals surface area contributed by atoms with Gasteiger partial charge < -0.3 is 9.80 Å². The van der Waals surface area contributed by atoms with Crippen LogP contribution in [0.5, 0.6) is 0 Å². The van der Waals surface area contributed by atoms with Gasteiger partial charge in [-0.3, -0.25) is 4.79 Å². The molecule has 0 unspecified atom stereocenters. The molecule has 3 heterocycles. The summed E-state index contributed by atoms with van der Waals surface area (Å²) in [5, 5.41) is 12.6. The molecule has 0 atom stereocenters. The minimum absolute atomic E-state index is 0.0624. The van der Waals surface area contributed by atoms with Gasteiger partial charge in [0.05, 0.1) is 0 Å². The van der Waals surface area contributed by atoms with Gasteiger partial charge in [0.15, 0.2) is 11.6 Å². The number of piperidine rings is 1. The average Bonchev–Trinajstić information content (AvgIpc) is 3.29. The molecular weight excluding hydrogens is 354 g/mol. The third kappa shape index (κ3) is 4.00. The number of carbonyl (C=O) groups is 1. The van der Waals surface area contributed by atoms with E-state index in [0.29, 0.717) is 12.4 Å². The highest BCUT2D eigenvalue weighted by Crippen LogP contribution is 2.23. The molecule has 1 amide bonds. The maximum atomic E-state index is 12.8. The molecule has 1 aliphatic rings. The highest BCUT2D eigenvalue weighted by atomic mass is 16.2. The molecule has 144 valence electrons. The smallest absolute Gasteiger partial charge is 0.225 e. The third-order valence-corrected chi connectivity index (χ3v) is 5.10. The van der Waals surface area contributed by atoms with Crippen LogP contribution in [-0.4, -0.2) is 55.9 Å². The molecule has 3 aromatic rings. The molecular formula is C20H23N7O. The van der Waals surface area contributed by atoms with Crippen LogP contribution in [0.25, 0.3) is 5.82 Å². The van der Waals surface area contributed by atoms with E-state index in [9.17, 15) is 4.79 Å². The van der Waals surface area contributed by atoms with Crippen molar-refractivity contribution in [3.05, 3.63) is 60.7 Å². The summed E-state index contributed by atoms with van der Waals surface area (Å²) in [5.74, 6) is 1.74. The second-order valence-electron chi connectivity index (χ2n) is 7.03. The van der Waals surface area contributed by atoms with Crippen molar-refractivity contribution in [3.63, 3.8) is 0 Å². The zero-order chi connectivity index (χ0) is 19.3. The summed E-state index contributed by atoms with van der Waals surface area (Å²) in [6.07, 6.45) is 4.70. The fraction of sp³-hybridized carbons (Fsp3) is 0.350. The van der Waals surface area contributed by atoms with E-state index >= 15 is 0 Å². The highest BCUT2D eigenvalue weighted by molar-refractivity contribution is 5.79. The summed E-state index contributed by atoms with van der Waals surface area (Å²) in [7, 11) is 1.88. The minimum atomic E-state index is 0.0624. The SMILES string of the molecule is CN(Cc1ccccc1)C(=O)C1CCN(c2ccc(-n3cncn3)nn2)CC1. The summed E-state index contributed by atoms with van der Waals surface area (Å²) in [6.45, 7) is 2.25. The molecule has 1 saturated heterocycles. The molecule has 4 rings (SSSR count). The third-order valence-electron chi connectivity index (χ3n) is 5.10. The zero-order valence-corrected chi connectivity index (χ0v) is 15.8. The first-order valence-electron chi connectivity index (χ1n) is 9.43. The molecule has 1 aromatic carbocycles. The normalized spacial score (nSPS) is 14.8. The topological polar surface area (TPSA) is 80.0 Å². The summed E-state index contributed by atoms with van der Waals surface area (Å²) < 4.78 is 1.57. The lowest BCUT2D eigenvalue weighted by molar-refractivity contribution is -0.135. The molecule has 0 N–H and O–H groups in total. The summed E-state index contributed by atoms with van der Waals surface area (Å²) in [6, 6.07) is 13.9. The van der Waals surface area contributed by atoms with Gasteiger partial charge in [-0.1, -0.05) is 30.3 Å². The number of nitrogens with zero attached hydrogens (tertiary/aromatic N) is 7. The van der Waals surface area contributed by atoms with Crippen molar-refractivity contribution in [2.45, 2.75) is 19.4 Å². The molecule has 0 saturated carbocycles. The van der Waals surface area contributed by atoms with E-state index in [-0.39, 0.29) is 11.8 Å². The van der Waals surface area contributed by atoms with Gasteiger partial charge in [-0.15, -0.1) is 10.2 Å². The Morgan fingerprint density at radius 1 is 1.07 bits per heavy atom. The minimum Gasteiger partial charge on any atom is -0.355 e. The van der Waals surface area contributed by atoms with Crippen LogP contribution >= 0.6 is 0 Å². The number of amides is 1. The van der Waals surface area contributed by atoms with Crippen LogP contribution in [0, 0.1) is 5.92 Å². The number of hydrogen-bond acceptors (Lipinski definition) is 6. The van der Waals surface area contributed by atoms with Gasteiger partial charge in [-0.05, 0) is 30.5 Å². The van der Waals surface area contributed by atoms with Crippen molar-refractivity contribution in [1.82, 2.24) is 29.9 Å². The van der Waals surface area contributed by atoms with Crippen molar-refractivity contribution in [1.29, 1.82) is 0 Å². The first-order valence-corrected chi connectivity index (χ1v) is 9.43. The van der Waals surface area contributed by atoms with E-state index in [0.717, 1.165) is 37.3 Å². The molecule has 0 spiro atoms. The highest BCUT2D eigenvalue weighted by Gasteiger charge is 2.27. The molecule has 1 fully saturated rings. The number of carbonyl (C=O) groups excluding carboxylic acids is 1. The molecule has 28 heavy (non-hydrogen) atoms. The Bertz CT molecular complexity index is 888. The Labute approximate surface area is 163 Å². The zero-order valence-electron chi connectivity index (χ0n) is 15.8. The van der Waals surface area contributed by atoms with Gasteiger partial charge in [-0.2, -0.15) is 5.10 Å². The van der Waals surface area contributed by atoms with Crippen LogP contribution in [0.15, 0.2) is 55.1 Å². The van der Waals surface area contributed by atoms with Crippen molar-refractivity contribution in [3.8, 4) is 5.82 Å². The van der Waals surface area contributed by atoms with E-state index in [1.807, 2.05) is 54.4 Å². The number of benzene rings is 1. The number of rotatable bonds is 5. The monoisotopic (exact) mass is 377 g/mol. The maximum absolute atomic E-state index is 12.8. The molecule has 0 radical (unpaired) electrons. The van der Waals surface area contributed by atoms with Gasteiger partial charge in [0.25, 0.3) is 0 Å². The van der Waals surface area contributed by atoms with Gasteiger partial charge >= 0.3 is 0 Å². The number of anilines is 1. The number of aromatic nitrogens is 5. The maximum Gasteiger partial charge on any atom is 0.225 e. The second-order valence-corrected chi connectivity index (χ2v) is 7.03. The lowest BCUT2D eigenvalue weighted by atomic mass is 9.95. The Morgan fingerprint density at radius 3 is 2.43 bits per heavy atom. The standard InChI is InChI=1S/C20H23N7O/c1-25(13-16-5-3-2-4-6-16)20(28)17-9-11-26(12-10-17)18-7-8-19(24-23-18)27-15-21-14-22-27/h2-8,14-15,17H,9-13H2,1H3. The summed E-state index contributed by atoms with van der Waals surface area (Å²) in [5.41, 5.74) is 1.15. The van der Waals surface area contributed by atoms with Crippen molar-refractivity contribution < 1.29 is 4.79 Å². The van der Waals surface area contributed by atoms with Crippen LogP contribution in [0.4, 0.5) is 5.82 Å². The Hall–Kier alpha value is -3.29. The van der Waals surface area contributed by atoms with E-state index < -0.39 is 0 Å². The first-order chi connectivity index (χ1) is 13.7. The molecule has 0 aliphatic carbocycles. The lowest BCUT2D eigenvalue weighted by Gasteiger charge is -2.33. The van der Waals surface area contributed by atoms with Crippen LogP contribution < -0.4 is 4.90 Å². The second kappa shape index (κ2) is 8.16. The largest absolute Gasteiger partial charge is 0.355 e. The van der Waals surface area contributed by atoms with Gasteiger partial charge in [0.2, 0.25) is 5.91 Å². The van der Waals surface area contributed by atoms with E-state index in [1.54, 1.807) is 11.0 Å². The summed E-state index contributed by atoms with van der Waals surface area (Å²) in [4.78, 5) is 20.7. The van der Waals surface area contributed by atoms with Gasteiger partial charge in [0, 0.05) is 32.6 Å². The molecule has 2 aromatic heterocycles. The molecule has 8 nitrogen and oxygen atoms in total. The summed E-state index contributed by atoms with van der Waals surface area (Å²) >= 11 is 0. The van der Waals surface area contributed by atoms with E-state index in [2.05, 4.69) is 25.2 Å². The lowest BCUT2D eigenvalue weighted by Crippen LogP contribution is -2.41. The predicted molar refractivity (Wildman–Crippen MR) is 105 cm³/mol. The van der Waals surface area contributed by atoms with E-state index in [4.69, 9.17) is 0 Å². The Kier molecular flexibility index (Phi) is 5.27. The van der Waals surface area contributed by atoms with E-state index in [1.165, 1.54) is 6.33 Å². The van der Waals surface area contributed by atoms with Crippen molar-refractivity contribution in [2.75, 3.05) is 25.0 Å². The molecule has 8 heteroatoms. The van der Waals surface area contributed by atoms with Crippen LogP contribution in [0.3, 0.4) is 0 Å². The quantitative estimate of drug-likeness (QED) is 0.676. The fourth-order valence-corrected chi connectivity index (χ4v) is 3.54. The van der Waals surface area contributed by atoms with Crippen molar-refractivity contribution >= 4 is 11.7 Å². The van der Waals surface area contributed by atoms with Crippen LogP contribution in [-0.2, 0) is 11.3 Å². The Balaban J connectivity index is 1.32. The molecule has 0 bridgehead atoms. The average molecular weight is 377 g/mol.